The minimum absolute atomic E-state index is 0.635. The van der Waals surface area contributed by atoms with Gasteiger partial charge >= 0.3 is 0 Å². The van der Waals surface area contributed by atoms with Crippen molar-refractivity contribution in [2.45, 2.75) is 25.2 Å². The highest BCUT2D eigenvalue weighted by atomic mass is 79.9. The van der Waals surface area contributed by atoms with E-state index in [0.717, 1.165) is 0 Å². The molecule has 1 nitrogen and oxygen atoms in total. The summed E-state index contributed by atoms with van der Waals surface area (Å²) in [7, 11) is 0. The molecule has 1 aliphatic carbocycles. The van der Waals surface area contributed by atoms with Gasteiger partial charge in [-0.05, 0) is 43.0 Å². The zero-order chi connectivity index (χ0) is 9.54. The van der Waals surface area contributed by atoms with Crippen molar-refractivity contribution in [3.8, 4) is 0 Å². The van der Waals surface area contributed by atoms with Gasteiger partial charge in [-0.2, -0.15) is 0 Å². The Bertz CT molecular complexity index is 409. The van der Waals surface area contributed by atoms with Gasteiger partial charge in [-0.1, -0.05) is 22.0 Å². The van der Waals surface area contributed by atoms with Gasteiger partial charge in [0.15, 0.2) is 0 Å². The van der Waals surface area contributed by atoms with Crippen molar-refractivity contribution in [2.75, 3.05) is 5.32 Å². The average Bonchev–Trinajstić information content (AvgIpc) is 2.56. The van der Waals surface area contributed by atoms with Gasteiger partial charge in [0.05, 0.1) is 0 Å². The summed E-state index contributed by atoms with van der Waals surface area (Å²) in [5.41, 5.74) is 4.18. The molecule has 1 atom stereocenters. The van der Waals surface area contributed by atoms with Gasteiger partial charge in [0.25, 0.3) is 0 Å². The van der Waals surface area contributed by atoms with E-state index in [2.05, 4.69) is 45.5 Å². The largest absolute Gasteiger partial charge is 0.358 e. The Morgan fingerprint density at radius 1 is 1.36 bits per heavy atom. The van der Waals surface area contributed by atoms with E-state index in [9.17, 15) is 0 Å². The zero-order valence-electron chi connectivity index (χ0n) is 7.89. The minimum Gasteiger partial charge on any atom is -0.358 e. The van der Waals surface area contributed by atoms with Crippen LogP contribution in [0.25, 0.3) is 0 Å². The maximum atomic E-state index is 3.53. The van der Waals surface area contributed by atoms with Crippen LogP contribution < -0.4 is 5.32 Å². The summed E-state index contributed by atoms with van der Waals surface area (Å²) in [6.07, 6.45) is 6.19. The fourth-order valence-corrected chi connectivity index (χ4v) is 2.81. The first-order valence-electron chi connectivity index (χ1n) is 5.11. The van der Waals surface area contributed by atoms with Crippen LogP contribution in [0.15, 0.2) is 34.4 Å². The van der Waals surface area contributed by atoms with Gasteiger partial charge in [0, 0.05) is 21.8 Å². The Kier molecular flexibility index (Phi) is 1.91. The third kappa shape index (κ3) is 1.21. The first-order chi connectivity index (χ1) is 6.84. The van der Waals surface area contributed by atoms with E-state index in [-0.39, 0.29) is 0 Å². The Hall–Kier alpha value is -0.760. The average molecular weight is 250 g/mol. The highest BCUT2D eigenvalue weighted by Crippen LogP contribution is 2.44. The molecule has 1 aromatic rings. The second-order valence-electron chi connectivity index (χ2n) is 4.00. The molecule has 1 unspecified atom stereocenters. The van der Waals surface area contributed by atoms with Crippen LogP contribution in [-0.2, 0) is 0 Å². The topological polar surface area (TPSA) is 12.0 Å². The highest BCUT2D eigenvalue weighted by molar-refractivity contribution is 9.10. The molecule has 0 spiro atoms. The molecule has 1 aliphatic heterocycles. The molecule has 2 heteroatoms. The maximum Gasteiger partial charge on any atom is 0.0422 e. The third-order valence-corrected chi connectivity index (χ3v) is 3.60. The Morgan fingerprint density at radius 2 is 2.29 bits per heavy atom. The van der Waals surface area contributed by atoms with Crippen LogP contribution >= 0.6 is 15.9 Å². The molecule has 3 rings (SSSR count). The lowest BCUT2D eigenvalue weighted by Crippen LogP contribution is -2.04. The summed E-state index contributed by atoms with van der Waals surface area (Å²) >= 11 is 3.53. The number of benzene rings is 1. The van der Waals surface area contributed by atoms with E-state index in [1.54, 1.807) is 0 Å². The zero-order valence-corrected chi connectivity index (χ0v) is 9.47. The van der Waals surface area contributed by atoms with Gasteiger partial charge in [0.2, 0.25) is 0 Å². The van der Waals surface area contributed by atoms with E-state index < -0.39 is 0 Å². The summed E-state index contributed by atoms with van der Waals surface area (Å²) < 4.78 is 1.19. The molecule has 0 amide bonds. The van der Waals surface area contributed by atoms with Gasteiger partial charge in [-0.25, -0.2) is 0 Å². The normalized spacial score (nSPS) is 23.5. The number of fused-ring (bicyclic) bond motifs is 3. The molecule has 0 aromatic heterocycles. The molecule has 0 saturated heterocycles. The molecule has 0 bridgehead atoms. The second-order valence-corrected chi connectivity index (χ2v) is 4.92. The third-order valence-electron chi connectivity index (χ3n) is 3.10. The Balaban J connectivity index is 2.12. The standard InChI is InChI=1S/C12H12BrN/c13-8-5-6-12-10(7-8)9-3-1-2-4-11(9)14-12/h4-7,9,14H,1-3H2. The summed E-state index contributed by atoms with van der Waals surface area (Å²) in [5, 5.41) is 3.50. The molecule has 0 fully saturated rings. The lowest BCUT2D eigenvalue weighted by atomic mass is 9.89. The molecule has 1 heterocycles. The van der Waals surface area contributed by atoms with Crippen LogP contribution in [0.1, 0.15) is 30.7 Å². The summed E-state index contributed by atoms with van der Waals surface area (Å²) in [6, 6.07) is 6.52. The fraction of sp³-hybridized carbons (Fsp3) is 0.333. The molecule has 14 heavy (non-hydrogen) atoms. The SMILES string of the molecule is Brc1ccc2c(c1)C1CCCC=C1N2. The van der Waals surface area contributed by atoms with Gasteiger partial charge < -0.3 is 5.32 Å². The molecule has 2 aliphatic rings. The molecular formula is C12H12BrN. The van der Waals surface area contributed by atoms with E-state index >= 15 is 0 Å². The minimum atomic E-state index is 0.635. The van der Waals surface area contributed by atoms with Gasteiger partial charge in [0.1, 0.15) is 0 Å². The van der Waals surface area contributed by atoms with Crippen LogP contribution in [0.5, 0.6) is 0 Å². The van der Waals surface area contributed by atoms with Gasteiger partial charge in [-0.15, -0.1) is 0 Å². The number of allylic oxidation sites excluding steroid dienone is 2. The lowest BCUT2D eigenvalue weighted by Gasteiger charge is -2.16. The molecule has 0 saturated carbocycles. The number of hydrogen-bond acceptors (Lipinski definition) is 1. The number of anilines is 1. The number of hydrogen-bond donors (Lipinski definition) is 1. The van der Waals surface area contributed by atoms with Crippen molar-refractivity contribution in [1.82, 2.24) is 0 Å². The first kappa shape index (κ1) is 8.54. The molecule has 1 aromatic carbocycles. The second kappa shape index (κ2) is 3.13. The fourth-order valence-electron chi connectivity index (χ4n) is 2.43. The van der Waals surface area contributed by atoms with E-state index in [4.69, 9.17) is 0 Å². The number of rotatable bonds is 0. The predicted molar refractivity (Wildman–Crippen MR) is 62.4 cm³/mol. The molecular weight excluding hydrogens is 238 g/mol. The Morgan fingerprint density at radius 3 is 3.21 bits per heavy atom. The van der Waals surface area contributed by atoms with Crippen LogP contribution in [0.3, 0.4) is 0 Å². The first-order valence-corrected chi connectivity index (χ1v) is 5.90. The van der Waals surface area contributed by atoms with Crippen LogP contribution in [0.2, 0.25) is 0 Å². The summed E-state index contributed by atoms with van der Waals surface area (Å²) in [5.74, 6) is 0.635. The Labute approximate surface area is 92.3 Å². The van der Waals surface area contributed by atoms with Crippen molar-refractivity contribution in [3.63, 3.8) is 0 Å². The molecule has 1 N–H and O–H groups in total. The van der Waals surface area contributed by atoms with Crippen molar-refractivity contribution in [2.24, 2.45) is 0 Å². The smallest absolute Gasteiger partial charge is 0.0422 e. The van der Waals surface area contributed by atoms with Gasteiger partial charge in [-0.3, -0.25) is 0 Å². The van der Waals surface area contributed by atoms with Crippen molar-refractivity contribution < 1.29 is 0 Å². The maximum absolute atomic E-state index is 3.53. The van der Waals surface area contributed by atoms with Crippen LogP contribution in [0.4, 0.5) is 5.69 Å². The van der Waals surface area contributed by atoms with E-state index in [0.29, 0.717) is 5.92 Å². The van der Waals surface area contributed by atoms with Crippen molar-refractivity contribution >= 4 is 21.6 Å². The quantitative estimate of drug-likeness (QED) is 0.733. The number of halogens is 1. The monoisotopic (exact) mass is 249 g/mol. The predicted octanol–water partition coefficient (Wildman–Crippen LogP) is 4.03. The molecule has 0 radical (unpaired) electrons. The summed E-state index contributed by atoms with van der Waals surface area (Å²) in [6.45, 7) is 0. The van der Waals surface area contributed by atoms with Crippen LogP contribution in [0, 0.1) is 0 Å². The number of nitrogens with one attached hydrogen (secondary N) is 1. The van der Waals surface area contributed by atoms with Crippen molar-refractivity contribution in [1.29, 1.82) is 0 Å². The lowest BCUT2D eigenvalue weighted by molar-refractivity contribution is 0.641. The molecule has 72 valence electrons. The summed E-state index contributed by atoms with van der Waals surface area (Å²) in [4.78, 5) is 0. The van der Waals surface area contributed by atoms with E-state index in [1.165, 1.54) is 40.7 Å². The van der Waals surface area contributed by atoms with Crippen molar-refractivity contribution in [3.05, 3.63) is 40.0 Å². The van der Waals surface area contributed by atoms with Crippen LogP contribution in [-0.4, -0.2) is 0 Å². The highest BCUT2D eigenvalue weighted by Gasteiger charge is 2.28. The van der Waals surface area contributed by atoms with E-state index in [1.807, 2.05) is 0 Å².